The van der Waals surface area contributed by atoms with Crippen molar-refractivity contribution in [1.82, 2.24) is 9.97 Å². The zero-order valence-corrected chi connectivity index (χ0v) is 12.6. The Morgan fingerprint density at radius 3 is 2.67 bits per heavy atom. The summed E-state index contributed by atoms with van der Waals surface area (Å²) >= 11 is 1.98. The molecule has 1 aromatic heterocycles. The summed E-state index contributed by atoms with van der Waals surface area (Å²) < 4.78 is 0. The SMILES string of the molecule is CCNc1ncnc(NC(C)CCSCC)c1C. The molecule has 0 fully saturated rings. The molecule has 1 rings (SSSR count). The van der Waals surface area contributed by atoms with E-state index in [4.69, 9.17) is 0 Å². The van der Waals surface area contributed by atoms with E-state index in [1.165, 1.54) is 11.5 Å². The number of anilines is 2. The quantitative estimate of drug-likeness (QED) is 0.709. The van der Waals surface area contributed by atoms with Gasteiger partial charge in [0, 0.05) is 18.2 Å². The second-order valence-electron chi connectivity index (χ2n) is 4.26. The summed E-state index contributed by atoms with van der Waals surface area (Å²) in [5.74, 6) is 4.23. The van der Waals surface area contributed by atoms with Crippen LogP contribution in [0.3, 0.4) is 0 Å². The fourth-order valence-electron chi connectivity index (χ4n) is 1.65. The first-order valence-corrected chi connectivity index (χ1v) is 7.74. The minimum Gasteiger partial charge on any atom is -0.370 e. The molecule has 1 atom stereocenters. The van der Waals surface area contributed by atoms with E-state index in [0.29, 0.717) is 6.04 Å². The standard InChI is InChI=1S/C13H24N4S/c1-5-14-12-11(4)13(16-9-15-12)17-10(3)7-8-18-6-2/h9-10H,5-8H2,1-4H3,(H2,14,15,16,17). The second kappa shape index (κ2) is 8.19. The van der Waals surface area contributed by atoms with Crippen molar-refractivity contribution in [3.05, 3.63) is 11.9 Å². The fourth-order valence-corrected chi connectivity index (χ4v) is 2.46. The molecule has 0 spiro atoms. The molecule has 0 saturated carbocycles. The molecule has 0 aromatic carbocycles. The van der Waals surface area contributed by atoms with Gasteiger partial charge in [0.2, 0.25) is 0 Å². The van der Waals surface area contributed by atoms with Gasteiger partial charge in [-0.05, 0) is 38.7 Å². The largest absolute Gasteiger partial charge is 0.370 e. The highest BCUT2D eigenvalue weighted by atomic mass is 32.2. The van der Waals surface area contributed by atoms with Gasteiger partial charge in [0.15, 0.2) is 0 Å². The van der Waals surface area contributed by atoms with Crippen molar-refractivity contribution < 1.29 is 0 Å². The van der Waals surface area contributed by atoms with Gasteiger partial charge in [-0.1, -0.05) is 6.92 Å². The van der Waals surface area contributed by atoms with Gasteiger partial charge in [-0.2, -0.15) is 11.8 Å². The lowest BCUT2D eigenvalue weighted by atomic mass is 10.2. The predicted octanol–water partition coefficient (Wildman–Crippen LogP) is 3.16. The van der Waals surface area contributed by atoms with Crippen LogP contribution in [0.25, 0.3) is 0 Å². The van der Waals surface area contributed by atoms with E-state index in [-0.39, 0.29) is 0 Å². The fraction of sp³-hybridized carbons (Fsp3) is 0.692. The summed E-state index contributed by atoms with van der Waals surface area (Å²) in [5, 5.41) is 6.71. The minimum absolute atomic E-state index is 0.437. The Kier molecular flexibility index (Phi) is 6.86. The third-order valence-electron chi connectivity index (χ3n) is 2.71. The monoisotopic (exact) mass is 268 g/mol. The Labute approximate surface area is 114 Å². The van der Waals surface area contributed by atoms with E-state index in [1.54, 1.807) is 6.33 Å². The molecule has 18 heavy (non-hydrogen) atoms. The van der Waals surface area contributed by atoms with Crippen LogP contribution in [0.15, 0.2) is 6.33 Å². The van der Waals surface area contributed by atoms with Crippen LogP contribution in [-0.4, -0.2) is 34.1 Å². The molecule has 1 heterocycles. The maximum absolute atomic E-state index is 4.32. The molecule has 0 saturated heterocycles. The number of hydrogen-bond acceptors (Lipinski definition) is 5. The van der Waals surface area contributed by atoms with E-state index in [9.17, 15) is 0 Å². The highest BCUT2D eigenvalue weighted by Gasteiger charge is 2.09. The first-order valence-electron chi connectivity index (χ1n) is 6.58. The average molecular weight is 268 g/mol. The van der Waals surface area contributed by atoms with E-state index in [1.807, 2.05) is 18.7 Å². The van der Waals surface area contributed by atoms with Gasteiger partial charge in [-0.15, -0.1) is 0 Å². The normalized spacial score (nSPS) is 12.2. The van der Waals surface area contributed by atoms with Gasteiger partial charge < -0.3 is 10.6 Å². The number of thioether (sulfide) groups is 1. The number of aromatic nitrogens is 2. The van der Waals surface area contributed by atoms with Crippen molar-refractivity contribution in [2.75, 3.05) is 28.7 Å². The second-order valence-corrected chi connectivity index (χ2v) is 5.65. The molecule has 5 heteroatoms. The predicted molar refractivity (Wildman–Crippen MR) is 81.6 cm³/mol. The zero-order valence-electron chi connectivity index (χ0n) is 11.8. The van der Waals surface area contributed by atoms with Gasteiger partial charge >= 0.3 is 0 Å². The summed E-state index contributed by atoms with van der Waals surface area (Å²) in [7, 11) is 0. The lowest BCUT2D eigenvalue weighted by molar-refractivity contribution is 0.764. The van der Waals surface area contributed by atoms with Crippen LogP contribution in [-0.2, 0) is 0 Å². The molecule has 4 nitrogen and oxygen atoms in total. The number of nitrogens with one attached hydrogen (secondary N) is 2. The topological polar surface area (TPSA) is 49.8 Å². The van der Waals surface area contributed by atoms with Gasteiger partial charge in [-0.3, -0.25) is 0 Å². The van der Waals surface area contributed by atoms with Crippen molar-refractivity contribution in [2.45, 2.75) is 40.2 Å². The maximum Gasteiger partial charge on any atom is 0.134 e. The number of rotatable bonds is 8. The molecular formula is C13H24N4S. The number of hydrogen-bond donors (Lipinski definition) is 2. The third-order valence-corrected chi connectivity index (χ3v) is 3.64. The smallest absolute Gasteiger partial charge is 0.134 e. The Hall–Kier alpha value is -0.970. The summed E-state index contributed by atoms with van der Waals surface area (Å²) in [6.45, 7) is 9.39. The van der Waals surface area contributed by atoms with Crippen LogP contribution in [0, 0.1) is 6.92 Å². The molecule has 102 valence electrons. The van der Waals surface area contributed by atoms with Gasteiger partial charge in [0.1, 0.15) is 18.0 Å². The molecule has 0 bridgehead atoms. The van der Waals surface area contributed by atoms with Gasteiger partial charge in [-0.25, -0.2) is 9.97 Å². The summed E-state index contributed by atoms with van der Waals surface area (Å²) in [6.07, 6.45) is 2.76. The molecule has 2 N–H and O–H groups in total. The molecule has 0 amide bonds. The third kappa shape index (κ3) is 4.72. The molecule has 1 unspecified atom stereocenters. The molecule has 0 aliphatic carbocycles. The van der Waals surface area contributed by atoms with Crippen LogP contribution in [0.4, 0.5) is 11.6 Å². The maximum atomic E-state index is 4.32. The molecule has 0 radical (unpaired) electrons. The van der Waals surface area contributed by atoms with Crippen LogP contribution >= 0.6 is 11.8 Å². The van der Waals surface area contributed by atoms with E-state index >= 15 is 0 Å². The lowest BCUT2D eigenvalue weighted by Crippen LogP contribution is -2.18. The Bertz CT molecular complexity index is 357. The number of nitrogens with zero attached hydrogens (tertiary/aromatic N) is 2. The van der Waals surface area contributed by atoms with E-state index in [0.717, 1.165) is 30.2 Å². The highest BCUT2D eigenvalue weighted by Crippen LogP contribution is 2.19. The Balaban J connectivity index is 2.58. The van der Waals surface area contributed by atoms with Crippen molar-refractivity contribution in [2.24, 2.45) is 0 Å². The van der Waals surface area contributed by atoms with Crippen LogP contribution in [0.5, 0.6) is 0 Å². The van der Waals surface area contributed by atoms with Crippen molar-refractivity contribution >= 4 is 23.4 Å². The van der Waals surface area contributed by atoms with Crippen molar-refractivity contribution in [3.63, 3.8) is 0 Å². The van der Waals surface area contributed by atoms with Crippen molar-refractivity contribution in [1.29, 1.82) is 0 Å². The highest BCUT2D eigenvalue weighted by molar-refractivity contribution is 7.99. The van der Waals surface area contributed by atoms with Crippen molar-refractivity contribution in [3.8, 4) is 0 Å². The Morgan fingerprint density at radius 2 is 2.00 bits per heavy atom. The molecule has 0 aliphatic heterocycles. The summed E-state index contributed by atoms with van der Waals surface area (Å²) in [6, 6.07) is 0.437. The first kappa shape index (κ1) is 15.1. The lowest BCUT2D eigenvalue weighted by Gasteiger charge is -2.17. The average Bonchev–Trinajstić information content (AvgIpc) is 2.35. The first-order chi connectivity index (χ1) is 8.69. The summed E-state index contributed by atoms with van der Waals surface area (Å²) in [4.78, 5) is 8.57. The molecular weight excluding hydrogens is 244 g/mol. The van der Waals surface area contributed by atoms with E-state index < -0.39 is 0 Å². The van der Waals surface area contributed by atoms with Crippen LogP contribution in [0.2, 0.25) is 0 Å². The van der Waals surface area contributed by atoms with Gasteiger partial charge in [0.05, 0.1) is 0 Å². The van der Waals surface area contributed by atoms with Crippen LogP contribution < -0.4 is 10.6 Å². The zero-order chi connectivity index (χ0) is 13.4. The minimum atomic E-state index is 0.437. The van der Waals surface area contributed by atoms with Crippen LogP contribution in [0.1, 0.15) is 32.8 Å². The summed E-state index contributed by atoms with van der Waals surface area (Å²) in [5.41, 5.74) is 1.09. The Morgan fingerprint density at radius 1 is 1.28 bits per heavy atom. The van der Waals surface area contributed by atoms with Gasteiger partial charge in [0.25, 0.3) is 0 Å². The van der Waals surface area contributed by atoms with E-state index in [2.05, 4.69) is 41.4 Å². The molecule has 1 aromatic rings. The molecule has 0 aliphatic rings.